The van der Waals surface area contributed by atoms with Gasteiger partial charge in [-0.25, -0.2) is 0 Å². The third kappa shape index (κ3) is 1.16. The number of ether oxygens (including phenoxy) is 1. The van der Waals surface area contributed by atoms with Gasteiger partial charge in [0.2, 0.25) is 0 Å². The molecule has 0 amide bonds. The maximum Gasteiger partial charge on any atom is 0.0708 e. The van der Waals surface area contributed by atoms with Crippen LogP contribution in [0, 0.1) is 22.7 Å². The lowest BCUT2D eigenvalue weighted by Gasteiger charge is -2.45. The van der Waals surface area contributed by atoms with E-state index in [1.165, 1.54) is 0 Å². The van der Waals surface area contributed by atoms with Gasteiger partial charge >= 0.3 is 0 Å². The van der Waals surface area contributed by atoms with E-state index in [4.69, 9.17) is 4.74 Å². The minimum Gasteiger partial charge on any atom is -0.396 e. The Morgan fingerprint density at radius 2 is 2.17 bits per heavy atom. The van der Waals surface area contributed by atoms with Crippen molar-refractivity contribution in [3.8, 4) is 0 Å². The van der Waals surface area contributed by atoms with E-state index in [2.05, 4.69) is 6.58 Å². The lowest BCUT2D eigenvalue weighted by atomic mass is 9.65. The Balaban J connectivity index is 2.06. The zero-order valence-corrected chi connectivity index (χ0v) is 11.1. The standard InChI is InChI=1S/C15H24O3/c1-3-10-11-6-8-14(10,9-16)13(17)15(11)7-4-5-12(15)18-2/h3,10-13,16-17H,1,4-9H2,2H3/t10-,11+,12-,13-,14+,15+/m0/s1. The van der Waals surface area contributed by atoms with Crippen LogP contribution in [-0.2, 0) is 4.74 Å². The summed E-state index contributed by atoms with van der Waals surface area (Å²) >= 11 is 0. The first kappa shape index (κ1) is 12.6. The predicted molar refractivity (Wildman–Crippen MR) is 69.0 cm³/mol. The number of aliphatic hydroxyl groups is 2. The minimum absolute atomic E-state index is 0.0690. The fourth-order valence-electron chi connectivity index (χ4n) is 5.60. The number of hydrogen-bond acceptors (Lipinski definition) is 3. The van der Waals surface area contributed by atoms with E-state index in [9.17, 15) is 10.2 Å². The molecule has 0 heterocycles. The molecular weight excluding hydrogens is 228 g/mol. The Morgan fingerprint density at radius 3 is 2.72 bits per heavy atom. The van der Waals surface area contributed by atoms with Crippen molar-refractivity contribution in [2.75, 3.05) is 13.7 Å². The third-order valence-corrected chi connectivity index (χ3v) is 6.27. The number of allylic oxidation sites excluding steroid dienone is 1. The Labute approximate surface area is 109 Å². The highest BCUT2D eigenvalue weighted by atomic mass is 16.5. The van der Waals surface area contributed by atoms with E-state index in [0.717, 1.165) is 32.1 Å². The number of hydrogen-bond donors (Lipinski definition) is 2. The molecule has 3 rings (SSSR count). The van der Waals surface area contributed by atoms with Crippen LogP contribution in [0.5, 0.6) is 0 Å². The van der Waals surface area contributed by atoms with Crippen LogP contribution in [0.3, 0.4) is 0 Å². The Kier molecular flexibility index (Phi) is 2.85. The summed E-state index contributed by atoms with van der Waals surface area (Å²) in [6.07, 6.45) is 6.88. The van der Waals surface area contributed by atoms with Gasteiger partial charge in [-0.1, -0.05) is 12.5 Å². The van der Waals surface area contributed by atoms with Gasteiger partial charge in [0.15, 0.2) is 0 Å². The van der Waals surface area contributed by atoms with Crippen molar-refractivity contribution in [1.29, 1.82) is 0 Å². The summed E-state index contributed by atoms with van der Waals surface area (Å²) in [7, 11) is 1.75. The smallest absolute Gasteiger partial charge is 0.0708 e. The molecule has 3 aliphatic carbocycles. The molecule has 3 heteroatoms. The summed E-state index contributed by atoms with van der Waals surface area (Å²) in [5.41, 5.74) is -0.484. The van der Waals surface area contributed by atoms with E-state index in [1.54, 1.807) is 7.11 Å². The third-order valence-electron chi connectivity index (χ3n) is 6.27. The molecule has 3 saturated carbocycles. The van der Waals surface area contributed by atoms with Crippen LogP contribution in [0.4, 0.5) is 0 Å². The molecule has 0 radical (unpaired) electrons. The Bertz CT molecular complexity index is 356. The summed E-state index contributed by atoms with van der Waals surface area (Å²) in [5.74, 6) is 0.679. The van der Waals surface area contributed by atoms with Crippen molar-refractivity contribution < 1.29 is 14.9 Å². The first-order valence-electron chi connectivity index (χ1n) is 7.11. The quantitative estimate of drug-likeness (QED) is 0.752. The maximum atomic E-state index is 10.9. The highest BCUT2D eigenvalue weighted by Gasteiger charge is 2.72. The summed E-state index contributed by atoms with van der Waals surface area (Å²) in [6.45, 7) is 4.02. The largest absolute Gasteiger partial charge is 0.396 e. The summed E-state index contributed by atoms with van der Waals surface area (Å²) < 4.78 is 5.68. The second-order valence-corrected chi connectivity index (χ2v) is 6.43. The molecule has 0 unspecified atom stereocenters. The molecule has 0 aromatic carbocycles. The van der Waals surface area contributed by atoms with E-state index >= 15 is 0 Å². The molecule has 0 aromatic heterocycles. The predicted octanol–water partition coefficient (Wildman–Crippen LogP) is 1.74. The molecule has 102 valence electrons. The van der Waals surface area contributed by atoms with Gasteiger partial charge in [-0.3, -0.25) is 0 Å². The van der Waals surface area contributed by atoms with Gasteiger partial charge in [0, 0.05) is 17.9 Å². The minimum atomic E-state index is -0.441. The molecular formula is C15H24O3. The van der Waals surface area contributed by atoms with Crippen molar-refractivity contribution in [2.24, 2.45) is 22.7 Å². The van der Waals surface area contributed by atoms with Crippen LogP contribution >= 0.6 is 0 Å². The van der Waals surface area contributed by atoms with Crippen LogP contribution in [-0.4, -0.2) is 36.1 Å². The monoisotopic (exact) mass is 252 g/mol. The molecule has 3 fully saturated rings. The SMILES string of the molecule is C=C[C@H]1[C@H]2CC[C@]1(CO)[C@H](O)[C@]21CCC[C@@H]1OC. The van der Waals surface area contributed by atoms with Crippen molar-refractivity contribution in [2.45, 2.75) is 44.3 Å². The summed E-state index contributed by atoms with van der Waals surface area (Å²) in [6, 6.07) is 0. The number of methoxy groups -OCH3 is 1. The van der Waals surface area contributed by atoms with Gasteiger partial charge < -0.3 is 14.9 Å². The first-order chi connectivity index (χ1) is 8.67. The van der Waals surface area contributed by atoms with Gasteiger partial charge in [-0.2, -0.15) is 0 Å². The van der Waals surface area contributed by atoms with Crippen LogP contribution in [0.25, 0.3) is 0 Å². The van der Waals surface area contributed by atoms with Crippen molar-refractivity contribution in [3.05, 3.63) is 12.7 Å². The highest BCUT2D eigenvalue weighted by Crippen LogP contribution is 2.71. The molecule has 3 aliphatic rings. The second-order valence-electron chi connectivity index (χ2n) is 6.43. The van der Waals surface area contributed by atoms with Gasteiger partial charge in [-0.05, 0) is 37.5 Å². The van der Waals surface area contributed by atoms with Gasteiger partial charge in [0.05, 0.1) is 18.8 Å². The van der Waals surface area contributed by atoms with Crippen molar-refractivity contribution in [3.63, 3.8) is 0 Å². The van der Waals surface area contributed by atoms with Crippen molar-refractivity contribution in [1.82, 2.24) is 0 Å². The summed E-state index contributed by atoms with van der Waals surface area (Å²) in [4.78, 5) is 0. The fraction of sp³-hybridized carbons (Fsp3) is 0.867. The second kappa shape index (κ2) is 4.06. The van der Waals surface area contributed by atoms with Gasteiger partial charge in [0.25, 0.3) is 0 Å². The highest BCUT2D eigenvalue weighted by molar-refractivity contribution is 5.24. The van der Waals surface area contributed by atoms with E-state index < -0.39 is 6.10 Å². The number of rotatable bonds is 3. The summed E-state index contributed by atoms with van der Waals surface area (Å²) in [5, 5.41) is 20.8. The maximum absolute atomic E-state index is 10.9. The molecule has 0 saturated heterocycles. The average molecular weight is 252 g/mol. The molecule has 0 aromatic rings. The Morgan fingerprint density at radius 1 is 1.39 bits per heavy atom. The molecule has 2 bridgehead atoms. The zero-order valence-electron chi connectivity index (χ0n) is 11.1. The first-order valence-corrected chi connectivity index (χ1v) is 7.11. The van der Waals surface area contributed by atoms with Gasteiger partial charge in [-0.15, -0.1) is 6.58 Å². The van der Waals surface area contributed by atoms with Crippen LogP contribution in [0.15, 0.2) is 12.7 Å². The normalized spacial score (nSPS) is 54.4. The van der Waals surface area contributed by atoms with Crippen LogP contribution in [0.1, 0.15) is 32.1 Å². The zero-order chi connectivity index (χ0) is 13.0. The van der Waals surface area contributed by atoms with Crippen LogP contribution in [0.2, 0.25) is 0 Å². The Hall–Kier alpha value is -0.380. The molecule has 2 N–H and O–H groups in total. The van der Waals surface area contributed by atoms with E-state index in [1.807, 2.05) is 6.08 Å². The lowest BCUT2D eigenvalue weighted by Crippen LogP contribution is -2.51. The molecule has 3 nitrogen and oxygen atoms in total. The fourth-order valence-corrected chi connectivity index (χ4v) is 5.60. The lowest BCUT2D eigenvalue weighted by molar-refractivity contribution is -0.129. The number of aliphatic hydroxyl groups excluding tert-OH is 2. The van der Waals surface area contributed by atoms with Crippen LogP contribution < -0.4 is 0 Å². The molecule has 1 spiro atoms. The number of fused-ring (bicyclic) bond motifs is 3. The van der Waals surface area contributed by atoms with E-state index in [-0.39, 0.29) is 29.5 Å². The molecule has 0 aliphatic heterocycles. The van der Waals surface area contributed by atoms with Gasteiger partial charge in [0.1, 0.15) is 0 Å². The molecule has 6 atom stereocenters. The van der Waals surface area contributed by atoms with E-state index in [0.29, 0.717) is 5.92 Å². The molecule has 18 heavy (non-hydrogen) atoms. The average Bonchev–Trinajstić information content (AvgIpc) is 3.03. The topological polar surface area (TPSA) is 49.7 Å². The van der Waals surface area contributed by atoms with Crippen molar-refractivity contribution >= 4 is 0 Å².